The fourth-order valence-corrected chi connectivity index (χ4v) is 2.19. The van der Waals surface area contributed by atoms with Gasteiger partial charge in [0.25, 0.3) is 5.95 Å². The van der Waals surface area contributed by atoms with E-state index < -0.39 is 11.9 Å². The number of carbonyl (C=O) groups is 1. The summed E-state index contributed by atoms with van der Waals surface area (Å²) >= 11 is 6.66. The van der Waals surface area contributed by atoms with E-state index in [0.29, 0.717) is 0 Å². The number of benzene rings is 2. The molecule has 6 heteroatoms. The molecule has 0 spiro atoms. The highest BCUT2D eigenvalue weighted by atomic mass is 79.9. The van der Waals surface area contributed by atoms with Gasteiger partial charge in [-0.15, -0.1) is 0 Å². The number of esters is 1. The topological polar surface area (TPSA) is 55.8 Å². The first-order valence-corrected chi connectivity index (χ1v) is 8.30. The smallest absolute Gasteiger partial charge is 0.338 e. The largest absolute Gasteiger partial charge is 0.481 e. The van der Waals surface area contributed by atoms with Gasteiger partial charge in [-0.2, -0.15) is 0 Å². The lowest BCUT2D eigenvalue weighted by Crippen LogP contribution is -2.04. The molecule has 0 aliphatic rings. The molecule has 23 heavy (non-hydrogen) atoms. The second-order valence-electron chi connectivity index (χ2n) is 4.63. The molecule has 0 amide bonds. The first kappa shape index (κ1) is 17.6. The first-order valence-electron chi connectivity index (χ1n) is 6.72. The van der Waals surface area contributed by atoms with Crippen LogP contribution >= 0.6 is 31.9 Å². The fraction of sp³-hybridized carbons (Fsp3) is 0.118. The average molecular weight is 442 g/mol. The molecular formula is C17H14Br2O4. The highest BCUT2D eigenvalue weighted by Gasteiger charge is 2.04. The van der Waals surface area contributed by atoms with Crippen LogP contribution in [0.15, 0.2) is 69.5 Å². The summed E-state index contributed by atoms with van der Waals surface area (Å²) in [5.74, 6) is -1.14. The molecule has 0 aliphatic heterocycles. The molecule has 120 valence electrons. The molecule has 4 nitrogen and oxygen atoms in total. The summed E-state index contributed by atoms with van der Waals surface area (Å²) in [4.78, 5) is 11.6. The Morgan fingerprint density at radius 2 is 1.30 bits per heavy atom. The number of aliphatic hydroxyl groups excluding tert-OH is 1. The maximum Gasteiger partial charge on any atom is 0.338 e. The maximum atomic E-state index is 11.6. The molecule has 2 aromatic carbocycles. The summed E-state index contributed by atoms with van der Waals surface area (Å²) in [5, 5.41) is 9.59. The van der Waals surface area contributed by atoms with Crippen molar-refractivity contribution in [1.29, 1.82) is 0 Å². The number of hydrogen-bond acceptors (Lipinski definition) is 4. The van der Waals surface area contributed by atoms with Crippen LogP contribution in [0.4, 0.5) is 0 Å². The molecule has 0 aromatic heterocycles. The van der Waals surface area contributed by atoms with E-state index in [1.807, 2.05) is 48.5 Å². The van der Waals surface area contributed by atoms with Crippen molar-refractivity contribution in [2.24, 2.45) is 0 Å². The van der Waals surface area contributed by atoms with Crippen LogP contribution in [0.3, 0.4) is 0 Å². The van der Waals surface area contributed by atoms with Gasteiger partial charge >= 0.3 is 5.97 Å². The zero-order valence-corrected chi connectivity index (χ0v) is 15.2. The lowest BCUT2D eigenvalue weighted by Gasteiger charge is -2.06. The van der Waals surface area contributed by atoms with Crippen LogP contribution in [0.2, 0.25) is 0 Å². The van der Waals surface area contributed by atoms with Gasteiger partial charge < -0.3 is 14.6 Å². The van der Waals surface area contributed by atoms with Crippen LogP contribution in [0.1, 0.15) is 11.1 Å². The van der Waals surface area contributed by atoms with Crippen LogP contribution in [-0.4, -0.2) is 11.1 Å². The number of ether oxygens (including phenoxy) is 2. The summed E-state index contributed by atoms with van der Waals surface area (Å²) in [6.45, 7) is 0.290. The number of halogens is 2. The Balaban J connectivity index is 1.79. The molecule has 1 N–H and O–H groups in total. The second-order valence-corrected chi connectivity index (χ2v) is 6.46. The Labute approximate surface area is 151 Å². The molecule has 0 aliphatic carbocycles. The van der Waals surface area contributed by atoms with Crippen LogP contribution in [0.5, 0.6) is 0 Å². The normalized spacial score (nSPS) is 11.1. The third-order valence-corrected chi connectivity index (χ3v) is 3.89. The van der Waals surface area contributed by atoms with Crippen LogP contribution in [0.25, 0.3) is 0 Å². The SMILES string of the molecule is O=C(/C=C(\O)OCc1ccc(Br)cc1)OCc1ccc(Br)cc1. The zero-order valence-electron chi connectivity index (χ0n) is 12.0. The minimum Gasteiger partial charge on any atom is -0.481 e. The van der Waals surface area contributed by atoms with Gasteiger partial charge in [0.05, 0.1) is 0 Å². The summed E-state index contributed by atoms with van der Waals surface area (Å²) < 4.78 is 12.0. The van der Waals surface area contributed by atoms with Gasteiger partial charge in [0, 0.05) is 8.95 Å². The van der Waals surface area contributed by atoms with Crippen LogP contribution in [-0.2, 0) is 27.5 Å². The van der Waals surface area contributed by atoms with E-state index in [9.17, 15) is 9.90 Å². The molecular weight excluding hydrogens is 428 g/mol. The standard InChI is InChI=1S/C17H14Br2O4/c18-14-5-1-12(2-6-14)10-22-16(20)9-17(21)23-11-13-3-7-15(19)8-4-13/h1-9,20H,10-11H2/b16-9+. The van der Waals surface area contributed by atoms with Gasteiger partial charge in [0.15, 0.2) is 0 Å². The van der Waals surface area contributed by atoms with Crippen molar-refractivity contribution in [3.05, 3.63) is 80.6 Å². The highest BCUT2D eigenvalue weighted by molar-refractivity contribution is 9.10. The van der Waals surface area contributed by atoms with E-state index in [4.69, 9.17) is 9.47 Å². The molecule has 0 bridgehead atoms. The molecule has 0 atom stereocenters. The van der Waals surface area contributed by atoms with Crippen molar-refractivity contribution in [3.8, 4) is 0 Å². The Kier molecular flexibility index (Phi) is 6.67. The quantitative estimate of drug-likeness (QED) is 0.394. The highest BCUT2D eigenvalue weighted by Crippen LogP contribution is 2.13. The summed E-state index contributed by atoms with van der Waals surface area (Å²) in [7, 11) is 0. The van der Waals surface area contributed by atoms with Gasteiger partial charge in [-0.3, -0.25) is 0 Å². The van der Waals surface area contributed by atoms with E-state index in [1.165, 1.54) is 0 Å². The minimum absolute atomic E-state index is 0.128. The molecule has 0 saturated heterocycles. The molecule has 2 aromatic rings. The minimum atomic E-state index is -0.666. The second kappa shape index (κ2) is 8.74. The first-order chi connectivity index (χ1) is 11.0. The van der Waals surface area contributed by atoms with Gasteiger partial charge in [-0.25, -0.2) is 4.79 Å². The molecule has 0 unspecified atom stereocenters. The predicted octanol–water partition coefficient (Wildman–Crippen LogP) is 4.87. The lowest BCUT2D eigenvalue weighted by atomic mass is 10.2. The van der Waals surface area contributed by atoms with Crippen molar-refractivity contribution in [3.63, 3.8) is 0 Å². The molecule has 0 fully saturated rings. The number of carbonyl (C=O) groups excluding carboxylic acids is 1. The van der Waals surface area contributed by atoms with E-state index in [0.717, 1.165) is 26.1 Å². The Morgan fingerprint density at radius 1 is 0.870 bits per heavy atom. The molecule has 0 saturated carbocycles. The monoisotopic (exact) mass is 440 g/mol. The van der Waals surface area contributed by atoms with Gasteiger partial charge in [-0.05, 0) is 35.4 Å². The lowest BCUT2D eigenvalue weighted by molar-refractivity contribution is -0.139. The predicted molar refractivity (Wildman–Crippen MR) is 93.6 cm³/mol. The third-order valence-electron chi connectivity index (χ3n) is 2.84. The van der Waals surface area contributed by atoms with Crippen molar-refractivity contribution in [1.82, 2.24) is 0 Å². The van der Waals surface area contributed by atoms with Crippen molar-refractivity contribution < 1.29 is 19.4 Å². The van der Waals surface area contributed by atoms with Crippen molar-refractivity contribution >= 4 is 37.8 Å². The zero-order chi connectivity index (χ0) is 16.7. The van der Waals surface area contributed by atoms with Gasteiger partial charge in [-0.1, -0.05) is 56.1 Å². The van der Waals surface area contributed by atoms with Crippen LogP contribution < -0.4 is 0 Å². The summed E-state index contributed by atoms with van der Waals surface area (Å²) in [6, 6.07) is 14.8. The molecule has 2 rings (SSSR count). The maximum absolute atomic E-state index is 11.6. The Bertz CT molecular complexity index is 679. The Hall–Kier alpha value is -1.79. The van der Waals surface area contributed by atoms with E-state index in [2.05, 4.69) is 31.9 Å². The van der Waals surface area contributed by atoms with E-state index >= 15 is 0 Å². The van der Waals surface area contributed by atoms with Crippen molar-refractivity contribution in [2.45, 2.75) is 13.2 Å². The van der Waals surface area contributed by atoms with E-state index in [-0.39, 0.29) is 13.2 Å². The van der Waals surface area contributed by atoms with Crippen molar-refractivity contribution in [2.75, 3.05) is 0 Å². The average Bonchev–Trinajstić information content (AvgIpc) is 2.54. The molecule has 0 heterocycles. The van der Waals surface area contributed by atoms with E-state index in [1.54, 1.807) is 0 Å². The third kappa shape index (κ3) is 6.46. The molecule has 0 radical (unpaired) electrons. The number of aliphatic hydroxyl groups is 1. The van der Waals surface area contributed by atoms with Gasteiger partial charge in [0.1, 0.15) is 19.3 Å². The number of hydrogen-bond donors (Lipinski definition) is 1. The van der Waals surface area contributed by atoms with Gasteiger partial charge in [0.2, 0.25) is 0 Å². The summed E-state index contributed by atoms with van der Waals surface area (Å²) in [6.07, 6.45) is 0.914. The summed E-state index contributed by atoms with van der Waals surface area (Å²) in [5.41, 5.74) is 1.72. The fourth-order valence-electron chi connectivity index (χ4n) is 1.66. The Morgan fingerprint density at radius 3 is 1.78 bits per heavy atom. The van der Waals surface area contributed by atoms with Crippen LogP contribution in [0, 0.1) is 0 Å². The number of rotatable bonds is 6.